The smallest absolute Gasteiger partial charge is 0.278 e. The minimum Gasteiger partial charge on any atom is -0.392 e. The molecule has 0 unspecified atom stereocenters. The summed E-state index contributed by atoms with van der Waals surface area (Å²) < 4.78 is 1.47. The van der Waals surface area contributed by atoms with E-state index in [1.807, 2.05) is 30.3 Å². The van der Waals surface area contributed by atoms with Gasteiger partial charge < -0.3 is 5.73 Å². The number of nitrogens with zero attached hydrogens (tertiary/aromatic N) is 2. The van der Waals surface area contributed by atoms with Crippen LogP contribution in [0.1, 0.15) is 5.56 Å². The van der Waals surface area contributed by atoms with Gasteiger partial charge in [0.25, 0.3) is 5.56 Å². The Bertz CT molecular complexity index is 566. The summed E-state index contributed by atoms with van der Waals surface area (Å²) in [6.07, 6.45) is 2.17. The first-order valence-corrected chi connectivity index (χ1v) is 5.60. The van der Waals surface area contributed by atoms with Gasteiger partial charge in [0.2, 0.25) is 0 Å². The van der Waals surface area contributed by atoms with Crippen molar-refractivity contribution in [2.24, 2.45) is 0 Å². The van der Waals surface area contributed by atoms with Crippen molar-refractivity contribution in [3.05, 3.63) is 57.7 Å². The first-order valence-electron chi connectivity index (χ1n) is 5.23. The highest BCUT2D eigenvalue weighted by molar-refractivity contribution is 6.31. The lowest BCUT2D eigenvalue weighted by molar-refractivity contribution is 0.657. The van der Waals surface area contributed by atoms with E-state index in [9.17, 15) is 4.79 Å². The van der Waals surface area contributed by atoms with Crippen LogP contribution in [0.15, 0.2) is 41.5 Å². The zero-order valence-corrected chi connectivity index (χ0v) is 9.89. The summed E-state index contributed by atoms with van der Waals surface area (Å²) in [5, 5.41) is 0.0611. The van der Waals surface area contributed by atoms with Crippen LogP contribution in [-0.4, -0.2) is 9.55 Å². The quantitative estimate of drug-likeness (QED) is 0.843. The van der Waals surface area contributed by atoms with Crippen molar-refractivity contribution in [1.82, 2.24) is 9.55 Å². The normalized spacial score (nSPS) is 10.4. The van der Waals surface area contributed by atoms with E-state index >= 15 is 0 Å². The van der Waals surface area contributed by atoms with Gasteiger partial charge in [-0.1, -0.05) is 41.9 Å². The predicted molar refractivity (Wildman–Crippen MR) is 68.1 cm³/mol. The first kappa shape index (κ1) is 11.7. The molecule has 0 amide bonds. The number of benzene rings is 1. The monoisotopic (exact) mass is 249 g/mol. The molecule has 0 aliphatic rings. The summed E-state index contributed by atoms with van der Waals surface area (Å²) in [7, 11) is 0. The van der Waals surface area contributed by atoms with Gasteiger partial charge in [0.05, 0.1) is 6.33 Å². The van der Waals surface area contributed by atoms with Crippen LogP contribution >= 0.6 is 11.6 Å². The maximum absolute atomic E-state index is 11.7. The van der Waals surface area contributed by atoms with Crippen LogP contribution in [0.4, 0.5) is 5.69 Å². The highest BCUT2D eigenvalue weighted by atomic mass is 35.5. The largest absolute Gasteiger partial charge is 0.392 e. The Balaban J connectivity index is 2.16. The van der Waals surface area contributed by atoms with Gasteiger partial charge in [0.15, 0.2) is 5.15 Å². The lowest BCUT2D eigenvalue weighted by Gasteiger charge is -2.06. The molecule has 0 aliphatic carbocycles. The molecule has 2 rings (SSSR count). The zero-order chi connectivity index (χ0) is 12.3. The average molecular weight is 250 g/mol. The minimum atomic E-state index is -0.291. The van der Waals surface area contributed by atoms with Crippen molar-refractivity contribution in [2.45, 2.75) is 13.0 Å². The van der Waals surface area contributed by atoms with Crippen LogP contribution in [0.2, 0.25) is 5.15 Å². The third-order valence-corrected chi connectivity index (χ3v) is 2.81. The van der Waals surface area contributed by atoms with Crippen LogP contribution in [0, 0.1) is 0 Å². The van der Waals surface area contributed by atoms with E-state index in [1.54, 1.807) is 0 Å². The third-order valence-electron chi connectivity index (χ3n) is 2.51. The Morgan fingerprint density at radius 2 is 2.00 bits per heavy atom. The summed E-state index contributed by atoms with van der Waals surface area (Å²) in [4.78, 5) is 15.6. The lowest BCUT2D eigenvalue weighted by atomic mass is 10.1. The number of rotatable bonds is 3. The van der Waals surface area contributed by atoms with Crippen molar-refractivity contribution in [3.8, 4) is 0 Å². The first-order chi connectivity index (χ1) is 8.18. The van der Waals surface area contributed by atoms with Crippen molar-refractivity contribution < 1.29 is 0 Å². The van der Waals surface area contributed by atoms with E-state index in [0.29, 0.717) is 6.54 Å². The number of hydrogen-bond donors (Lipinski definition) is 1. The fraction of sp³-hybridized carbons (Fsp3) is 0.167. The van der Waals surface area contributed by atoms with Gasteiger partial charge >= 0.3 is 0 Å². The number of nitrogen functional groups attached to an aromatic ring is 1. The molecule has 0 radical (unpaired) electrons. The fourth-order valence-electron chi connectivity index (χ4n) is 1.54. The zero-order valence-electron chi connectivity index (χ0n) is 9.14. The number of nitrogens with two attached hydrogens (primary N) is 1. The summed E-state index contributed by atoms with van der Waals surface area (Å²) in [5.41, 5.74) is 6.40. The Morgan fingerprint density at radius 3 is 2.71 bits per heavy atom. The number of halogens is 1. The molecule has 5 heteroatoms. The molecular weight excluding hydrogens is 238 g/mol. The number of aromatic nitrogens is 2. The maximum Gasteiger partial charge on any atom is 0.278 e. The van der Waals surface area contributed by atoms with Crippen molar-refractivity contribution >= 4 is 17.3 Å². The topological polar surface area (TPSA) is 60.9 Å². The predicted octanol–water partition coefficient (Wildman–Crippen LogP) is 1.72. The molecule has 88 valence electrons. The molecule has 1 heterocycles. The highest BCUT2D eigenvalue weighted by Crippen LogP contribution is 2.08. The van der Waals surface area contributed by atoms with Gasteiger partial charge in [-0.2, -0.15) is 0 Å². The SMILES string of the molecule is Nc1c(Cl)ncn(CCc2ccccc2)c1=O. The molecule has 2 aromatic rings. The van der Waals surface area contributed by atoms with Crippen molar-refractivity contribution in [1.29, 1.82) is 0 Å². The van der Waals surface area contributed by atoms with E-state index in [0.717, 1.165) is 12.0 Å². The minimum absolute atomic E-state index is 0.00206. The van der Waals surface area contributed by atoms with Gasteiger partial charge in [0, 0.05) is 6.54 Å². The maximum atomic E-state index is 11.7. The Kier molecular flexibility index (Phi) is 3.44. The molecule has 2 N–H and O–H groups in total. The Labute approximate surface area is 104 Å². The van der Waals surface area contributed by atoms with Crippen LogP contribution in [0.3, 0.4) is 0 Å². The molecule has 4 nitrogen and oxygen atoms in total. The number of hydrogen-bond acceptors (Lipinski definition) is 3. The molecule has 0 saturated carbocycles. The number of anilines is 1. The van der Waals surface area contributed by atoms with E-state index < -0.39 is 0 Å². The second-order valence-corrected chi connectivity index (χ2v) is 4.04. The standard InChI is InChI=1S/C12H12ClN3O/c13-11-10(14)12(17)16(8-15-11)7-6-9-4-2-1-3-5-9/h1-5,8H,6-7,14H2. The summed E-state index contributed by atoms with van der Waals surface area (Å²) in [6, 6.07) is 9.91. The summed E-state index contributed by atoms with van der Waals surface area (Å²) in [5.74, 6) is 0. The second-order valence-electron chi connectivity index (χ2n) is 3.68. The van der Waals surface area contributed by atoms with E-state index in [2.05, 4.69) is 4.98 Å². The molecular formula is C12H12ClN3O. The van der Waals surface area contributed by atoms with Crippen LogP contribution in [0.5, 0.6) is 0 Å². The van der Waals surface area contributed by atoms with Gasteiger partial charge in [-0.15, -0.1) is 0 Å². The Hall–Kier alpha value is -1.81. The molecule has 1 aromatic carbocycles. The highest BCUT2D eigenvalue weighted by Gasteiger charge is 2.05. The summed E-state index contributed by atoms with van der Waals surface area (Å²) in [6.45, 7) is 0.539. The fourth-order valence-corrected chi connectivity index (χ4v) is 1.66. The molecule has 0 fully saturated rings. The molecule has 0 spiro atoms. The van der Waals surface area contributed by atoms with Gasteiger partial charge in [-0.3, -0.25) is 9.36 Å². The van der Waals surface area contributed by atoms with Gasteiger partial charge in [-0.05, 0) is 12.0 Å². The van der Waals surface area contributed by atoms with Crippen LogP contribution in [0.25, 0.3) is 0 Å². The molecule has 0 atom stereocenters. The van der Waals surface area contributed by atoms with E-state index in [-0.39, 0.29) is 16.4 Å². The lowest BCUT2D eigenvalue weighted by Crippen LogP contribution is -2.24. The second kappa shape index (κ2) is 5.01. The Morgan fingerprint density at radius 1 is 1.29 bits per heavy atom. The molecule has 17 heavy (non-hydrogen) atoms. The van der Waals surface area contributed by atoms with Crippen molar-refractivity contribution in [2.75, 3.05) is 5.73 Å². The van der Waals surface area contributed by atoms with Gasteiger partial charge in [-0.25, -0.2) is 4.98 Å². The molecule has 0 bridgehead atoms. The number of aryl methyl sites for hydroxylation is 2. The molecule has 0 saturated heterocycles. The van der Waals surface area contributed by atoms with E-state index in [4.69, 9.17) is 17.3 Å². The molecule has 1 aromatic heterocycles. The third kappa shape index (κ3) is 2.65. The van der Waals surface area contributed by atoms with E-state index in [1.165, 1.54) is 10.9 Å². The van der Waals surface area contributed by atoms with Crippen LogP contribution in [-0.2, 0) is 13.0 Å². The summed E-state index contributed by atoms with van der Waals surface area (Å²) >= 11 is 5.65. The van der Waals surface area contributed by atoms with Crippen molar-refractivity contribution in [3.63, 3.8) is 0 Å². The van der Waals surface area contributed by atoms with Crippen LogP contribution < -0.4 is 11.3 Å². The molecule has 0 aliphatic heterocycles. The average Bonchev–Trinajstić information content (AvgIpc) is 2.36. The van der Waals surface area contributed by atoms with Gasteiger partial charge in [0.1, 0.15) is 5.69 Å².